The fraction of sp³-hybridized carbons (Fsp3) is 0.417. The molecule has 0 aliphatic heterocycles. The Labute approximate surface area is 212 Å². The number of carbonyl (C=O) groups excluding carboxylic acids is 2. The lowest BCUT2D eigenvalue weighted by atomic mass is 10.1. The predicted octanol–water partition coefficient (Wildman–Crippen LogP) is 4.13. The molecule has 186 valence electrons. The number of carbonyl (C=O) groups is 2. The second-order valence-electron chi connectivity index (χ2n) is 8.28. The van der Waals surface area contributed by atoms with Crippen molar-refractivity contribution in [3.05, 3.63) is 64.1 Å². The van der Waals surface area contributed by atoms with E-state index in [0.717, 1.165) is 16.1 Å². The number of benzene rings is 2. The summed E-state index contributed by atoms with van der Waals surface area (Å²) in [5.41, 5.74) is 1.22. The first kappa shape index (κ1) is 28.0. The van der Waals surface area contributed by atoms with Gasteiger partial charge < -0.3 is 10.2 Å². The van der Waals surface area contributed by atoms with Gasteiger partial charge in [0.2, 0.25) is 21.8 Å². The largest absolute Gasteiger partial charge is 0.352 e. The quantitative estimate of drug-likeness (QED) is 0.475. The number of nitrogens with zero attached hydrogens (tertiary/aromatic N) is 2. The van der Waals surface area contributed by atoms with Crippen molar-refractivity contribution in [1.29, 1.82) is 0 Å². The molecule has 0 radical (unpaired) electrons. The summed E-state index contributed by atoms with van der Waals surface area (Å²) in [7, 11) is -3.83. The molecule has 10 heteroatoms. The van der Waals surface area contributed by atoms with Crippen LogP contribution in [0.3, 0.4) is 0 Å². The van der Waals surface area contributed by atoms with Crippen LogP contribution < -0.4 is 9.62 Å². The lowest BCUT2D eigenvalue weighted by Gasteiger charge is -2.33. The minimum Gasteiger partial charge on any atom is -0.352 e. The second kappa shape index (κ2) is 12.4. The van der Waals surface area contributed by atoms with E-state index in [-0.39, 0.29) is 34.2 Å². The van der Waals surface area contributed by atoms with Gasteiger partial charge in [0.25, 0.3) is 0 Å². The molecule has 34 heavy (non-hydrogen) atoms. The van der Waals surface area contributed by atoms with E-state index in [4.69, 9.17) is 23.2 Å². The highest BCUT2D eigenvalue weighted by molar-refractivity contribution is 7.92. The highest BCUT2D eigenvalue weighted by atomic mass is 35.5. The number of amides is 2. The summed E-state index contributed by atoms with van der Waals surface area (Å²) in [5, 5.41) is 3.30. The third kappa shape index (κ3) is 7.89. The van der Waals surface area contributed by atoms with Crippen molar-refractivity contribution in [3.63, 3.8) is 0 Å². The molecule has 0 heterocycles. The van der Waals surface area contributed by atoms with Crippen LogP contribution in [0.25, 0.3) is 0 Å². The van der Waals surface area contributed by atoms with E-state index in [0.29, 0.717) is 12.8 Å². The molecule has 2 amide bonds. The molecule has 0 aromatic heterocycles. The zero-order valence-electron chi connectivity index (χ0n) is 19.8. The summed E-state index contributed by atoms with van der Waals surface area (Å²) in [4.78, 5) is 27.9. The van der Waals surface area contributed by atoms with Crippen molar-refractivity contribution < 1.29 is 18.0 Å². The molecular weight excluding hydrogens is 497 g/mol. The number of halogens is 2. The Morgan fingerprint density at radius 2 is 1.68 bits per heavy atom. The Kier molecular flexibility index (Phi) is 10.2. The molecule has 0 bridgehead atoms. The van der Waals surface area contributed by atoms with E-state index in [1.807, 2.05) is 51.1 Å². The van der Waals surface area contributed by atoms with E-state index in [9.17, 15) is 18.0 Å². The minimum absolute atomic E-state index is 0.101. The number of hydrogen-bond donors (Lipinski definition) is 1. The molecule has 1 N–H and O–H groups in total. The maximum atomic E-state index is 13.5. The van der Waals surface area contributed by atoms with Crippen molar-refractivity contribution in [2.45, 2.75) is 45.7 Å². The molecule has 0 aliphatic rings. The molecule has 0 spiro atoms. The third-order valence-electron chi connectivity index (χ3n) is 5.17. The predicted molar refractivity (Wildman–Crippen MR) is 138 cm³/mol. The van der Waals surface area contributed by atoms with Gasteiger partial charge in [-0.25, -0.2) is 8.42 Å². The summed E-state index contributed by atoms with van der Waals surface area (Å²) in [6, 6.07) is 13.1. The fourth-order valence-corrected chi connectivity index (χ4v) is 4.66. The first-order valence-electron chi connectivity index (χ1n) is 11.0. The van der Waals surface area contributed by atoms with Gasteiger partial charge in [-0.05, 0) is 50.5 Å². The molecule has 0 unspecified atom stereocenters. The van der Waals surface area contributed by atoms with E-state index < -0.39 is 28.5 Å². The van der Waals surface area contributed by atoms with Crippen molar-refractivity contribution in [3.8, 4) is 0 Å². The molecule has 2 aromatic carbocycles. The number of hydrogen-bond acceptors (Lipinski definition) is 4. The van der Waals surface area contributed by atoms with Crippen LogP contribution in [0.5, 0.6) is 0 Å². The summed E-state index contributed by atoms with van der Waals surface area (Å²) < 4.78 is 26.1. The first-order valence-corrected chi connectivity index (χ1v) is 13.6. The van der Waals surface area contributed by atoms with Crippen molar-refractivity contribution in [2.75, 3.05) is 23.7 Å². The molecular formula is C24H31Cl2N3O4S. The lowest BCUT2D eigenvalue weighted by molar-refractivity contribution is -0.139. The van der Waals surface area contributed by atoms with Gasteiger partial charge in [0.05, 0.1) is 22.0 Å². The zero-order chi connectivity index (χ0) is 25.5. The number of nitrogens with one attached hydrogen (secondary N) is 1. The van der Waals surface area contributed by atoms with Crippen LogP contribution >= 0.6 is 23.2 Å². The Morgan fingerprint density at radius 3 is 2.21 bits per heavy atom. The third-order valence-corrected chi connectivity index (χ3v) is 7.05. The Bertz CT molecular complexity index is 1090. The van der Waals surface area contributed by atoms with E-state index in [1.165, 1.54) is 23.1 Å². The van der Waals surface area contributed by atoms with Gasteiger partial charge in [0, 0.05) is 12.6 Å². The maximum Gasteiger partial charge on any atom is 0.244 e. The Balaban J connectivity index is 2.38. The highest BCUT2D eigenvalue weighted by Gasteiger charge is 2.31. The second-order valence-corrected chi connectivity index (χ2v) is 11.0. The number of anilines is 1. The van der Waals surface area contributed by atoms with Gasteiger partial charge in [-0.15, -0.1) is 0 Å². The summed E-state index contributed by atoms with van der Waals surface area (Å²) in [6.07, 6.45) is 1.91. The van der Waals surface area contributed by atoms with Crippen molar-refractivity contribution >= 4 is 50.7 Å². The highest BCUT2D eigenvalue weighted by Crippen LogP contribution is 2.28. The van der Waals surface area contributed by atoms with Crippen LogP contribution in [0.4, 0.5) is 5.69 Å². The molecule has 2 aromatic rings. The number of rotatable bonds is 11. The van der Waals surface area contributed by atoms with Gasteiger partial charge in [-0.1, -0.05) is 60.5 Å². The van der Waals surface area contributed by atoms with E-state index in [1.54, 1.807) is 0 Å². The van der Waals surface area contributed by atoms with E-state index in [2.05, 4.69) is 5.32 Å². The van der Waals surface area contributed by atoms with Crippen LogP contribution in [0.2, 0.25) is 10.0 Å². The summed E-state index contributed by atoms with van der Waals surface area (Å²) in [5.74, 6) is -0.766. The number of sulfonamides is 1. The average Bonchev–Trinajstić information content (AvgIpc) is 2.76. The Morgan fingerprint density at radius 1 is 1.03 bits per heavy atom. The van der Waals surface area contributed by atoms with Crippen molar-refractivity contribution in [1.82, 2.24) is 10.2 Å². The monoisotopic (exact) mass is 527 g/mol. The normalized spacial score (nSPS) is 12.3. The van der Waals surface area contributed by atoms with Crippen LogP contribution in [0, 0.1) is 0 Å². The van der Waals surface area contributed by atoms with Gasteiger partial charge in [0.15, 0.2) is 0 Å². The molecule has 1 atom stereocenters. The minimum atomic E-state index is -3.83. The molecule has 0 fully saturated rings. The molecule has 0 saturated carbocycles. The van der Waals surface area contributed by atoms with E-state index >= 15 is 0 Å². The average molecular weight is 529 g/mol. The molecule has 2 rings (SSSR count). The zero-order valence-corrected chi connectivity index (χ0v) is 22.1. The fourth-order valence-electron chi connectivity index (χ4n) is 3.53. The lowest BCUT2D eigenvalue weighted by Crippen LogP contribution is -2.54. The Hall–Kier alpha value is -2.29. The molecule has 0 saturated heterocycles. The summed E-state index contributed by atoms with van der Waals surface area (Å²) in [6.45, 7) is 5.29. The van der Waals surface area contributed by atoms with Crippen LogP contribution in [0.1, 0.15) is 32.8 Å². The molecule has 7 nitrogen and oxygen atoms in total. The standard InChI is InChI=1S/C24H31Cl2N3O4S/c1-5-22(24(31)27-17(2)3)28(14-13-18-9-7-6-8-10-18)23(30)16-29(34(4,32)33)19-11-12-20(25)21(26)15-19/h6-12,15,17,22H,5,13-14,16H2,1-4H3,(H,27,31)/t22-/m0/s1. The maximum absolute atomic E-state index is 13.5. The first-order chi connectivity index (χ1) is 15.9. The van der Waals surface area contributed by atoms with Crippen molar-refractivity contribution in [2.24, 2.45) is 0 Å². The van der Waals surface area contributed by atoms with Crippen LogP contribution in [-0.4, -0.2) is 56.6 Å². The van der Waals surface area contributed by atoms with Crippen LogP contribution in [-0.2, 0) is 26.0 Å². The SMILES string of the molecule is CC[C@@H](C(=O)NC(C)C)N(CCc1ccccc1)C(=O)CN(c1ccc(Cl)c(Cl)c1)S(C)(=O)=O. The summed E-state index contributed by atoms with van der Waals surface area (Å²) >= 11 is 12.1. The van der Waals surface area contributed by atoms with Gasteiger partial charge in [-0.3, -0.25) is 13.9 Å². The van der Waals surface area contributed by atoms with Gasteiger partial charge >= 0.3 is 0 Å². The van der Waals surface area contributed by atoms with Crippen LogP contribution in [0.15, 0.2) is 48.5 Å². The van der Waals surface area contributed by atoms with Gasteiger partial charge in [-0.2, -0.15) is 0 Å². The van der Waals surface area contributed by atoms with Gasteiger partial charge in [0.1, 0.15) is 12.6 Å². The smallest absolute Gasteiger partial charge is 0.244 e. The topological polar surface area (TPSA) is 86.8 Å². The molecule has 0 aliphatic carbocycles.